The molecule has 2 aliphatic heterocycles. The van der Waals surface area contributed by atoms with E-state index in [9.17, 15) is 22.8 Å². The van der Waals surface area contributed by atoms with E-state index in [4.69, 9.17) is 9.57 Å². The smallest absolute Gasteiger partial charge is 0.414 e. The zero-order valence-electron chi connectivity index (χ0n) is 14.3. The Morgan fingerprint density at radius 3 is 2.93 bits per heavy atom. The van der Waals surface area contributed by atoms with Crippen LogP contribution < -0.4 is 20.6 Å². The van der Waals surface area contributed by atoms with Crippen LogP contribution in [0, 0.1) is 5.82 Å². The third kappa shape index (κ3) is 4.61. The predicted molar refractivity (Wildman–Crippen MR) is 89.2 cm³/mol. The fourth-order valence-electron chi connectivity index (χ4n) is 2.88. The van der Waals surface area contributed by atoms with Gasteiger partial charge in [0.15, 0.2) is 0 Å². The zero-order chi connectivity index (χ0) is 19.4. The van der Waals surface area contributed by atoms with E-state index >= 15 is 0 Å². The van der Waals surface area contributed by atoms with E-state index in [1.165, 1.54) is 11.0 Å². The van der Waals surface area contributed by atoms with Crippen LogP contribution in [0.4, 0.5) is 29.3 Å². The van der Waals surface area contributed by atoms with Crippen LogP contribution in [0.3, 0.4) is 0 Å². The van der Waals surface area contributed by atoms with Gasteiger partial charge in [-0.3, -0.25) is 14.5 Å². The average Bonchev–Trinajstić information content (AvgIpc) is 2.83. The van der Waals surface area contributed by atoms with E-state index in [0.29, 0.717) is 31.9 Å². The van der Waals surface area contributed by atoms with Gasteiger partial charge < -0.3 is 15.0 Å². The van der Waals surface area contributed by atoms with E-state index in [0.717, 1.165) is 0 Å². The summed E-state index contributed by atoms with van der Waals surface area (Å²) in [7, 11) is 0. The molecule has 0 saturated carbocycles. The number of hydrogen-bond acceptors (Lipinski definition) is 6. The van der Waals surface area contributed by atoms with Crippen molar-refractivity contribution in [3.8, 4) is 0 Å². The number of hydroxylamine groups is 1. The third-order valence-corrected chi connectivity index (χ3v) is 4.21. The van der Waals surface area contributed by atoms with Gasteiger partial charge in [0.25, 0.3) is 5.91 Å². The lowest BCUT2D eigenvalue weighted by Gasteiger charge is -2.23. The summed E-state index contributed by atoms with van der Waals surface area (Å²) < 4.78 is 44.0. The van der Waals surface area contributed by atoms with Crippen molar-refractivity contribution < 1.29 is 32.3 Å². The lowest BCUT2D eigenvalue weighted by atomic mass is 10.2. The lowest BCUT2D eigenvalue weighted by Crippen LogP contribution is -2.37. The summed E-state index contributed by atoms with van der Waals surface area (Å²) in [6, 6.07) is 4.37. The minimum absolute atomic E-state index is 0.0165. The van der Waals surface area contributed by atoms with Crippen molar-refractivity contribution in [3.05, 3.63) is 24.0 Å². The summed E-state index contributed by atoms with van der Waals surface area (Å²) in [6.45, 7) is 1.81. The second-order valence-corrected chi connectivity index (χ2v) is 6.03. The molecule has 0 radical (unpaired) electrons. The number of cyclic esters (lactones) is 1. The van der Waals surface area contributed by atoms with Crippen LogP contribution in [0.1, 0.15) is 0 Å². The number of alkyl halides is 2. The molecule has 0 unspecified atom stereocenters. The SMILES string of the molecule is O=C(NC[C@H]1CN(c2ccc(N3CCNOCC3)c(F)c2)C(=O)O1)C(F)F. The van der Waals surface area contributed by atoms with Crippen molar-refractivity contribution in [3.63, 3.8) is 0 Å². The minimum atomic E-state index is -3.14. The second-order valence-electron chi connectivity index (χ2n) is 6.03. The van der Waals surface area contributed by atoms with E-state index in [-0.39, 0.29) is 18.8 Å². The summed E-state index contributed by atoms with van der Waals surface area (Å²) >= 11 is 0. The zero-order valence-corrected chi connectivity index (χ0v) is 14.3. The van der Waals surface area contributed by atoms with Crippen LogP contribution >= 0.6 is 0 Å². The molecule has 11 heteroatoms. The summed E-state index contributed by atoms with van der Waals surface area (Å²) in [4.78, 5) is 31.0. The molecule has 2 amide bonds. The lowest BCUT2D eigenvalue weighted by molar-refractivity contribution is -0.132. The first kappa shape index (κ1) is 19.2. The summed E-state index contributed by atoms with van der Waals surface area (Å²) in [6.07, 6.45) is -4.66. The maximum atomic E-state index is 14.6. The Morgan fingerprint density at radius 1 is 1.37 bits per heavy atom. The number of rotatable bonds is 5. The maximum absolute atomic E-state index is 14.6. The highest BCUT2D eigenvalue weighted by Crippen LogP contribution is 2.28. The summed E-state index contributed by atoms with van der Waals surface area (Å²) in [5.41, 5.74) is 3.42. The molecule has 1 aromatic rings. The van der Waals surface area contributed by atoms with Gasteiger partial charge in [0.1, 0.15) is 11.9 Å². The quantitative estimate of drug-likeness (QED) is 0.779. The Morgan fingerprint density at radius 2 is 2.19 bits per heavy atom. The van der Waals surface area contributed by atoms with Gasteiger partial charge in [0, 0.05) is 19.6 Å². The fourth-order valence-corrected chi connectivity index (χ4v) is 2.88. The summed E-state index contributed by atoms with van der Waals surface area (Å²) in [5, 5.41) is 1.99. The molecule has 0 aromatic heterocycles. The number of benzene rings is 1. The molecular weight excluding hydrogens is 369 g/mol. The molecule has 2 saturated heterocycles. The van der Waals surface area contributed by atoms with Crippen molar-refractivity contribution in [1.82, 2.24) is 10.8 Å². The van der Waals surface area contributed by atoms with Crippen LogP contribution in [0.2, 0.25) is 0 Å². The first-order valence-electron chi connectivity index (χ1n) is 8.39. The number of carbonyl (C=O) groups excluding carboxylic acids is 2. The first-order chi connectivity index (χ1) is 13.0. The monoisotopic (exact) mass is 388 g/mol. The number of carbonyl (C=O) groups is 2. The highest BCUT2D eigenvalue weighted by atomic mass is 19.3. The molecule has 2 N–H and O–H groups in total. The van der Waals surface area contributed by atoms with Gasteiger partial charge in [-0.15, -0.1) is 0 Å². The van der Waals surface area contributed by atoms with Crippen molar-refractivity contribution >= 4 is 23.4 Å². The Balaban J connectivity index is 1.65. The average molecular weight is 388 g/mol. The van der Waals surface area contributed by atoms with Crippen molar-refractivity contribution in [1.29, 1.82) is 0 Å². The van der Waals surface area contributed by atoms with Crippen LogP contribution in [0.5, 0.6) is 0 Å². The van der Waals surface area contributed by atoms with Crippen LogP contribution in [-0.2, 0) is 14.4 Å². The second kappa shape index (κ2) is 8.44. The molecule has 148 valence electrons. The minimum Gasteiger partial charge on any atom is -0.442 e. The largest absolute Gasteiger partial charge is 0.442 e. The molecule has 3 rings (SSSR count). The molecule has 1 atom stereocenters. The van der Waals surface area contributed by atoms with E-state index in [2.05, 4.69) is 5.48 Å². The number of amides is 2. The Bertz CT molecular complexity index is 698. The first-order valence-corrected chi connectivity index (χ1v) is 8.39. The highest BCUT2D eigenvalue weighted by molar-refractivity contribution is 5.90. The van der Waals surface area contributed by atoms with Gasteiger partial charge in [0.2, 0.25) is 0 Å². The number of nitrogens with one attached hydrogen (secondary N) is 2. The van der Waals surface area contributed by atoms with E-state index in [1.807, 2.05) is 10.2 Å². The van der Waals surface area contributed by atoms with Crippen LogP contribution in [0.15, 0.2) is 18.2 Å². The number of anilines is 2. The molecule has 27 heavy (non-hydrogen) atoms. The van der Waals surface area contributed by atoms with Gasteiger partial charge in [-0.05, 0) is 18.2 Å². The van der Waals surface area contributed by atoms with Crippen molar-refractivity contribution in [2.75, 3.05) is 49.1 Å². The Hall–Kier alpha value is -2.53. The topological polar surface area (TPSA) is 83.1 Å². The Labute approximate surface area is 153 Å². The maximum Gasteiger partial charge on any atom is 0.414 e. The molecular formula is C16H19F3N4O4. The van der Waals surface area contributed by atoms with Gasteiger partial charge in [-0.2, -0.15) is 8.78 Å². The standard InChI is InChI=1S/C16H19F3N4O4/c17-12-7-10(1-2-13(12)22-4-3-21-26-6-5-22)23-9-11(27-16(23)25)8-20-15(24)14(18)19/h1-2,7,11,14,21H,3-6,8-9H2,(H,20,24)/t11-/m0/s1. The number of halogens is 3. The van der Waals surface area contributed by atoms with Crippen LogP contribution in [-0.4, -0.2) is 63.9 Å². The molecule has 0 aliphatic carbocycles. The van der Waals surface area contributed by atoms with Crippen LogP contribution in [0.25, 0.3) is 0 Å². The van der Waals surface area contributed by atoms with Gasteiger partial charge >= 0.3 is 12.5 Å². The van der Waals surface area contributed by atoms with Crippen molar-refractivity contribution in [2.45, 2.75) is 12.5 Å². The molecule has 2 aliphatic rings. The van der Waals surface area contributed by atoms with Gasteiger partial charge in [-0.1, -0.05) is 0 Å². The normalized spacial score (nSPS) is 20.6. The highest BCUT2D eigenvalue weighted by Gasteiger charge is 2.33. The van der Waals surface area contributed by atoms with Crippen molar-refractivity contribution in [2.24, 2.45) is 0 Å². The molecule has 0 spiro atoms. The number of nitrogens with zero attached hydrogens (tertiary/aromatic N) is 2. The van der Waals surface area contributed by atoms with E-state index in [1.54, 1.807) is 12.1 Å². The van der Waals surface area contributed by atoms with Gasteiger partial charge in [0.05, 0.1) is 31.1 Å². The summed E-state index contributed by atoms with van der Waals surface area (Å²) in [5.74, 6) is -1.94. The fraction of sp³-hybridized carbons (Fsp3) is 0.500. The number of ether oxygens (including phenoxy) is 1. The third-order valence-electron chi connectivity index (χ3n) is 4.21. The molecule has 8 nitrogen and oxygen atoms in total. The molecule has 2 heterocycles. The Kier molecular flexibility index (Phi) is 6.01. The van der Waals surface area contributed by atoms with Gasteiger partial charge in [-0.25, -0.2) is 14.7 Å². The predicted octanol–water partition coefficient (Wildman–Crippen LogP) is 0.873. The molecule has 2 fully saturated rings. The van der Waals surface area contributed by atoms with E-state index < -0.39 is 30.3 Å². The number of hydrogen-bond donors (Lipinski definition) is 2. The molecule has 1 aromatic carbocycles. The molecule has 0 bridgehead atoms.